The number of nitrogen functional groups attached to an aromatic ring is 1. The van der Waals surface area contributed by atoms with Crippen molar-refractivity contribution in [3.63, 3.8) is 0 Å². The highest BCUT2D eigenvalue weighted by molar-refractivity contribution is 5.62. The molecule has 0 aliphatic carbocycles. The number of nitrogens with zero attached hydrogens (tertiary/aromatic N) is 3. The molecule has 1 aromatic rings. The van der Waals surface area contributed by atoms with Crippen molar-refractivity contribution in [3.8, 4) is 6.07 Å². The SMILES string of the molecule is CN1CCN(CCNc2ccc(C#N)c(N)c2)CC1. The van der Waals surface area contributed by atoms with Gasteiger partial charge in [-0.3, -0.25) is 4.90 Å². The van der Waals surface area contributed by atoms with Crippen LogP contribution >= 0.6 is 0 Å². The van der Waals surface area contributed by atoms with Crippen LogP contribution < -0.4 is 11.1 Å². The molecule has 1 aliphatic heterocycles. The summed E-state index contributed by atoms with van der Waals surface area (Å²) in [4.78, 5) is 4.81. The lowest BCUT2D eigenvalue weighted by Crippen LogP contribution is -2.45. The van der Waals surface area contributed by atoms with Gasteiger partial charge >= 0.3 is 0 Å². The summed E-state index contributed by atoms with van der Waals surface area (Å²) < 4.78 is 0. The number of likely N-dealkylation sites (N-methyl/N-ethyl adjacent to an activating group) is 1. The van der Waals surface area contributed by atoms with Crippen molar-refractivity contribution in [3.05, 3.63) is 23.8 Å². The predicted octanol–water partition coefficient (Wildman–Crippen LogP) is 0.800. The van der Waals surface area contributed by atoms with Crippen LogP contribution in [-0.2, 0) is 0 Å². The first kappa shape index (κ1) is 13.7. The molecule has 1 fully saturated rings. The van der Waals surface area contributed by atoms with Gasteiger partial charge in [0, 0.05) is 45.0 Å². The summed E-state index contributed by atoms with van der Waals surface area (Å²) in [5.74, 6) is 0. The lowest BCUT2D eigenvalue weighted by Gasteiger charge is -2.32. The van der Waals surface area contributed by atoms with E-state index in [1.165, 1.54) is 0 Å². The normalized spacial score (nSPS) is 17.1. The number of nitrogens with one attached hydrogen (secondary N) is 1. The van der Waals surface area contributed by atoms with E-state index in [4.69, 9.17) is 11.0 Å². The van der Waals surface area contributed by atoms with Crippen LogP contribution in [0.3, 0.4) is 0 Å². The molecule has 3 N–H and O–H groups in total. The average Bonchev–Trinajstić information content (AvgIpc) is 2.41. The summed E-state index contributed by atoms with van der Waals surface area (Å²) in [6.07, 6.45) is 0. The van der Waals surface area contributed by atoms with E-state index in [2.05, 4.69) is 28.2 Å². The third-order valence-corrected chi connectivity index (χ3v) is 3.53. The van der Waals surface area contributed by atoms with Gasteiger partial charge in [-0.2, -0.15) is 5.26 Å². The third-order valence-electron chi connectivity index (χ3n) is 3.53. The van der Waals surface area contributed by atoms with Crippen molar-refractivity contribution in [2.24, 2.45) is 0 Å². The van der Waals surface area contributed by atoms with Gasteiger partial charge in [0.05, 0.1) is 11.3 Å². The van der Waals surface area contributed by atoms with E-state index in [9.17, 15) is 0 Å². The van der Waals surface area contributed by atoms with Gasteiger partial charge in [0.15, 0.2) is 0 Å². The molecule has 0 bridgehead atoms. The molecule has 1 aliphatic rings. The molecule has 102 valence electrons. The van der Waals surface area contributed by atoms with Crippen LogP contribution in [0.1, 0.15) is 5.56 Å². The van der Waals surface area contributed by atoms with Crippen LogP contribution in [0.4, 0.5) is 11.4 Å². The van der Waals surface area contributed by atoms with Crippen LogP contribution in [0.5, 0.6) is 0 Å². The monoisotopic (exact) mass is 259 g/mol. The smallest absolute Gasteiger partial charge is 0.101 e. The Kier molecular flexibility index (Phi) is 4.61. The third kappa shape index (κ3) is 3.85. The summed E-state index contributed by atoms with van der Waals surface area (Å²) in [6, 6.07) is 7.55. The van der Waals surface area contributed by atoms with Gasteiger partial charge in [-0.15, -0.1) is 0 Å². The molecule has 0 unspecified atom stereocenters. The van der Waals surface area contributed by atoms with E-state index >= 15 is 0 Å². The van der Waals surface area contributed by atoms with Crippen LogP contribution in [-0.4, -0.2) is 56.1 Å². The zero-order valence-electron chi connectivity index (χ0n) is 11.4. The molecule has 0 radical (unpaired) electrons. The Balaban J connectivity index is 1.77. The molecule has 19 heavy (non-hydrogen) atoms. The molecule has 0 spiro atoms. The number of anilines is 2. The highest BCUT2D eigenvalue weighted by Crippen LogP contribution is 2.16. The van der Waals surface area contributed by atoms with Crippen molar-refractivity contribution in [2.75, 3.05) is 57.4 Å². The van der Waals surface area contributed by atoms with E-state index in [-0.39, 0.29) is 0 Å². The van der Waals surface area contributed by atoms with Gasteiger partial charge in [0.1, 0.15) is 6.07 Å². The number of benzene rings is 1. The minimum absolute atomic E-state index is 0.532. The zero-order valence-corrected chi connectivity index (χ0v) is 11.4. The molecule has 5 nitrogen and oxygen atoms in total. The van der Waals surface area contributed by atoms with Crippen LogP contribution in [0, 0.1) is 11.3 Å². The quantitative estimate of drug-likeness (QED) is 0.783. The van der Waals surface area contributed by atoms with E-state index in [0.717, 1.165) is 45.0 Å². The molecule has 1 saturated heterocycles. The molecule has 5 heteroatoms. The van der Waals surface area contributed by atoms with Crippen molar-refractivity contribution in [1.82, 2.24) is 9.80 Å². The van der Waals surface area contributed by atoms with Crippen molar-refractivity contribution in [2.45, 2.75) is 0 Å². The highest BCUT2D eigenvalue weighted by Gasteiger charge is 2.12. The molecule has 1 heterocycles. The minimum Gasteiger partial charge on any atom is -0.398 e. The Morgan fingerprint density at radius 2 is 2.05 bits per heavy atom. The highest BCUT2D eigenvalue weighted by atomic mass is 15.2. The summed E-state index contributed by atoms with van der Waals surface area (Å²) in [7, 11) is 2.16. The Morgan fingerprint density at radius 3 is 2.68 bits per heavy atom. The topological polar surface area (TPSA) is 68.3 Å². The number of nitrogens with two attached hydrogens (primary N) is 1. The lowest BCUT2D eigenvalue weighted by atomic mass is 10.2. The van der Waals surface area contributed by atoms with E-state index in [0.29, 0.717) is 11.3 Å². The number of hydrogen-bond donors (Lipinski definition) is 2. The van der Waals surface area contributed by atoms with Gasteiger partial charge in [0.25, 0.3) is 0 Å². The predicted molar refractivity (Wildman–Crippen MR) is 78.0 cm³/mol. The van der Waals surface area contributed by atoms with E-state index in [1.54, 1.807) is 6.07 Å². The van der Waals surface area contributed by atoms with Gasteiger partial charge in [0.2, 0.25) is 0 Å². The first-order chi connectivity index (χ1) is 9.19. The molecule has 0 amide bonds. The molecular formula is C14H21N5. The van der Waals surface area contributed by atoms with Gasteiger partial charge < -0.3 is 16.0 Å². The number of hydrogen-bond acceptors (Lipinski definition) is 5. The maximum atomic E-state index is 8.82. The fourth-order valence-electron chi connectivity index (χ4n) is 2.20. The average molecular weight is 259 g/mol. The fraction of sp³-hybridized carbons (Fsp3) is 0.500. The summed E-state index contributed by atoms with van der Waals surface area (Å²) >= 11 is 0. The molecule has 0 saturated carbocycles. The maximum absolute atomic E-state index is 8.82. The minimum atomic E-state index is 0.532. The van der Waals surface area contributed by atoms with E-state index in [1.807, 2.05) is 12.1 Å². The van der Waals surface area contributed by atoms with Crippen LogP contribution in [0.15, 0.2) is 18.2 Å². The Labute approximate surface area is 114 Å². The summed E-state index contributed by atoms with van der Waals surface area (Å²) in [5.41, 5.74) is 7.83. The summed E-state index contributed by atoms with van der Waals surface area (Å²) in [5, 5.41) is 12.2. The maximum Gasteiger partial charge on any atom is 0.101 e. The van der Waals surface area contributed by atoms with Crippen molar-refractivity contribution >= 4 is 11.4 Å². The Bertz CT molecular complexity index is 457. The molecule has 1 aromatic carbocycles. The second-order valence-electron chi connectivity index (χ2n) is 4.99. The number of piperazine rings is 1. The number of nitriles is 1. The molecule has 0 aromatic heterocycles. The second kappa shape index (κ2) is 6.41. The Morgan fingerprint density at radius 1 is 1.32 bits per heavy atom. The molecular weight excluding hydrogens is 238 g/mol. The molecule has 0 atom stereocenters. The van der Waals surface area contributed by atoms with Crippen molar-refractivity contribution in [1.29, 1.82) is 5.26 Å². The first-order valence-electron chi connectivity index (χ1n) is 6.63. The van der Waals surface area contributed by atoms with Crippen molar-refractivity contribution < 1.29 is 0 Å². The van der Waals surface area contributed by atoms with Crippen LogP contribution in [0.25, 0.3) is 0 Å². The second-order valence-corrected chi connectivity index (χ2v) is 4.99. The fourth-order valence-corrected chi connectivity index (χ4v) is 2.20. The van der Waals surface area contributed by atoms with Crippen LogP contribution in [0.2, 0.25) is 0 Å². The number of rotatable bonds is 4. The largest absolute Gasteiger partial charge is 0.398 e. The molecule has 2 rings (SSSR count). The lowest BCUT2D eigenvalue weighted by molar-refractivity contribution is 0.158. The van der Waals surface area contributed by atoms with Gasteiger partial charge in [-0.25, -0.2) is 0 Å². The zero-order chi connectivity index (χ0) is 13.7. The summed E-state index contributed by atoms with van der Waals surface area (Å²) in [6.45, 7) is 6.48. The van der Waals surface area contributed by atoms with Gasteiger partial charge in [-0.1, -0.05) is 0 Å². The van der Waals surface area contributed by atoms with Gasteiger partial charge in [-0.05, 0) is 25.2 Å². The van der Waals surface area contributed by atoms with E-state index < -0.39 is 0 Å². The Hall–Kier alpha value is -1.77. The standard InChI is InChI=1S/C14H21N5/c1-18-6-8-19(9-7-18)5-4-17-13-3-2-12(11-15)14(16)10-13/h2-3,10,17H,4-9,16H2,1H3. The first-order valence-corrected chi connectivity index (χ1v) is 6.63.